The lowest BCUT2D eigenvalue weighted by molar-refractivity contribution is -0.132. The van der Waals surface area contributed by atoms with Crippen LogP contribution in [0.2, 0.25) is 5.02 Å². The average Bonchev–Trinajstić information content (AvgIpc) is 3.05. The Morgan fingerprint density at radius 2 is 1.66 bits per heavy atom. The van der Waals surface area contributed by atoms with Gasteiger partial charge in [-0.3, -0.25) is 14.5 Å². The van der Waals surface area contributed by atoms with Gasteiger partial charge in [-0.2, -0.15) is 0 Å². The Kier molecular flexibility index (Phi) is 5.63. The van der Waals surface area contributed by atoms with Gasteiger partial charge in [0.25, 0.3) is 11.7 Å². The van der Waals surface area contributed by atoms with E-state index in [0.717, 1.165) is 5.56 Å². The highest BCUT2D eigenvalue weighted by Crippen LogP contribution is 2.43. The zero-order chi connectivity index (χ0) is 23.0. The monoisotopic (exact) mass is 449 g/mol. The maximum absolute atomic E-state index is 13.2. The van der Waals surface area contributed by atoms with Crippen molar-refractivity contribution >= 4 is 34.7 Å². The van der Waals surface area contributed by atoms with Crippen LogP contribution in [0.3, 0.4) is 0 Å². The molecule has 32 heavy (non-hydrogen) atoms. The molecule has 1 aliphatic heterocycles. The van der Waals surface area contributed by atoms with Gasteiger partial charge in [-0.05, 0) is 55.0 Å². The first-order chi connectivity index (χ1) is 15.3. The highest BCUT2D eigenvalue weighted by atomic mass is 35.5. The van der Waals surface area contributed by atoms with Crippen molar-refractivity contribution in [3.8, 4) is 11.5 Å². The van der Waals surface area contributed by atoms with Crippen LogP contribution in [0.25, 0.3) is 5.76 Å². The minimum atomic E-state index is -0.916. The van der Waals surface area contributed by atoms with Crippen LogP contribution in [0.4, 0.5) is 5.69 Å². The number of nitrogens with zero attached hydrogens (tertiary/aromatic N) is 1. The number of rotatable bonds is 4. The lowest BCUT2D eigenvalue weighted by Gasteiger charge is -2.25. The molecular formula is C25H20ClNO5. The van der Waals surface area contributed by atoms with Crippen LogP contribution in [0, 0.1) is 6.92 Å². The van der Waals surface area contributed by atoms with E-state index >= 15 is 0 Å². The maximum Gasteiger partial charge on any atom is 0.300 e. The first-order valence-electron chi connectivity index (χ1n) is 9.82. The number of carbonyl (C=O) groups is 2. The summed E-state index contributed by atoms with van der Waals surface area (Å²) in [4.78, 5) is 27.6. The molecule has 0 saturated carbocycles. The fourth-order valence-corrected chi connectivity index (χ4v) is 3.94. The normalized spacial score (nSPS) is 17.6. The number of carbonyl (C=O) groups excluding carboxylic acids is 2. The number of benzene rings is 3. The largest absolute Gasteiger partial charge is 0.508 e. The molecule has 6 nitrogen and oxygen atoms in total. The summed E-state index contributed by atoms with van der Waals surface area (Å²) in [6.45, 7) is 1.92. The van der Waals surface area contributed by atoms with E-state index in [4.69, 9.17) is 16.3 Å². The number of anilines is 1. The molecule has 1 aliphatic rings. The van der Waals surface area contributed by atoms with Gasteiger partial charge < -0.3 is 14.9 Å². The van der Waals surface area contributed by atoms with Crippen molar-refractivity contribution < 1.29 is 24.5 Å². The van der Waals surface area contributed by atoms with Gasteiger partial charge in [-0.15, -0.1) is 0 Å². The molecule has 0 aromatic heterocycles. The summed E-state index contributed by atoms with van der Waals surface area (Å²) in [6, 6.07) is 17.0. The lowest BCUT2D eigenvalue weighted by Crippen LogP contribution is -2.29. The van der Waals surface area contributed by atoms with Crippen molar-refractivity contribution in [2.75, 3.05) is 12.0 Å². The molecule has 0 aliphatic carbocycles. The molecule has 2 N–H and O–H groups in total. The Balaban J connectivity index is 1.96. The quantitative estimate of drug-likeness (QED) is 0.333. The van der Waals surface area contributed by atoms with Gasteiger partial charge >= 0.3 is 0 Å². The molecule has 1 fully saturated rings. The van der Waals surface area contributed by atoms with Crippen LogP contribution in [0.15, 0.2) is 72.3 Å². The minimum Gasteiger partial charge on any atom is -0.508 e. The molecule has 3 aromatic carbocycles. The van der Waals surface area contributed by atoms with E-state index < -0.39 is 23.5 Å². The van der Waals surface area contributed by atoms with Crippen LogP contribution in [-0.2, 0) is 9.59 Å². The lowest BCUT2D eigenvalue weighted by atomic mass is 9.95. The molecule has 0 radical (unpaired) electrons. The standard InChI is InChI=1S/C25H20ClNO5/c1-14-3-7-16(8-4-14)27-22(15-5-9-17(28)10-6-15)21(24(30)25(27)31)23(29)19-13-18(32-2)11-12-20(19)26/h3-13,22,28-29H,1-2H3/b23-21+. The van der Waals surface area contributed by atoms with Gasteiger partial charge in [0.2, 0.25) is 0 Å². The molecule has 1 heterocycles. The molecular weight excluding hydrogens is 430 g/mol. The molecule has 1 saturated heterocycles. The number of methoxy groups -OCH3 is 1. The Morgan fingerprint density at radius 3 is 2.28 bits per heavy atom. The Labute approximate surface area is 189 Å². The summed E-state index contributed by atoms with van der Waals surface area (Å²) >= 11 is 6.30. The number of halogens is 1. The van der Waals surface area contributed by atoms with E-state index in [1.165, 1.54) is 30.2 Å². The van der Waals surface area contributed by atoms with Crippen LogP contribution in [0.5, 0.6) is 11.5 Å². The first kappa shape index (κ1) is 21.5. The van der Waals surface area contributed by atoms with E-state index in [0.29, 0.717) is 17.0 Å². The van der Waals surface area contributed by atoms with Crippen molar-refractivity contribution in [3.63, 3.8) is 0 Å². The van der Waals surface area contributed by atoms with Gasteiger partial charge in [0.05, 0.1) is 23.7 Å². The number of ether oxygens (including phenoxy) is 1. The van der Waals surface area contributed by atoms with Crippen LogP contribution in [0.1, 0.15) is 22.7 Å². The smallest absolute Gasteiger partial charge is 0.300 e. The Hall–Kier alpha value is -3.77. The molecule has 162 valence electrons. The van der Waals surface area contributed by atoms with Crippen molar-refractivity contribution in [2.24, 2.45) is 0 Å². The van der Waals surface area contributed by atoms with E-state index in [9.17, 15) is 19.8 Å². The fourth-order valence-electron chi connectivity index (χ4n) is 3.73. The molecule has 0 spiro atoms. The number of hydrogen-bond donors (Lipinski definition) is 2. The third-order valence-corrected chi connectivity index (χ3v) is 5.72. The predicted octanol–water partition coefficient (Wildman–Crippen LogP) is 4.99. The second kappa shape index (κ2) is 8.40. The third-order valence-electron chi connectivity index (χ3n) is 5.39. The Bertz CT molecular complexity index is 1230. The van der Waals surface area contributed by atoms with Crippen LogP contribution < -0.4 is 9.64 Å². The van der Waals surface area contributed by atoms with Crippen molar-refractivity contribution in [1.82, 2.24) is 0 Å². The molecule has 1 atom stereocenters. The number of aliphatic hydroxyl groups excluding tert-OH is 1. The summed E-state index contributed by atoms with van der Waals surface area (Å²) < 4.78 is 5.21. The van der Waals surface area contributed by atoms with E-state index in [2.05, 4.69) is 0 Å². The van der Waals surface area contributed by atoms with Gasteiger partial charge in [-0.1, -0.05) is 41.4 Å². The second-order valence-corrected chi connectivity index (χ2v) is 7.85. The predicted molar refractivity (Wildman–Crippen MR) is 122 cm³/mol. The zero-order valence-corrected chi connectivity index (χ0v) is 18.1. The summed E-state index contributed by atoms with van der Waals surface area (Å²) in [6.07, 6.45) is 0. The summed E-state index contributed by atoms with van der Waals surface area (Å²) in [5.74, 6) is -1.53. The van der Waals surface area contributed by atoms with Crippen LogP contribution >= 0.6 is 11.6 Å². The number of aryl methyl sites for hydroxylation is 1. The number of phenols is 1. The zero-order valence-electron chi connectivity index (χ0n) is 17.4. The number of hydrogen-bond acceptors (Lipinski definition) is 5. The summed E-state index contributed by atoms with van der Waals surface area (Å²) in [5.41, 5.74) is 2.12. The highest BCUT2D eigenvalue weighted by molar-refractivity contribution is 6.52. The number of phenolic OH excluding ortho intramolecular Hbond substituents is 1. The third kappa shape index (κ3) is 3.69. The fraction of sp³-hybridized carbons (Fsp3) is 0.120. The number of Topliss-reactive ketones (excluding diaryl/α,β-unsaturated/α-hetero) is 1. The number of aliphatic hydroxyl groups is 1. The number of aromatic hydroxyl groups is 1. The van der Waals surface area contributed by atoms with E-state index in [-0.39, 0.29) is 21.9 Å². The van der Waals surface area contributed by atoms with Crippen molar-refractivity contribution in [3.05, 3.63) is 94.0 Å². The van der Waals surface area contributed by atoms with Gasteiger partial charge in [-0.25, -0.2) is 0 Å². The van der Waals surface area contributed by atoms with Crippen molar-refractivity contribution in [2.45, 2.75) is 13.0 Å². The minimum absolute atomic E-state index is 0.0388. The molecule has 3 aromatic rings. The first-order valence-corrected chi connectivity index (χ1v) is 10.2. The average molecular weight is 450 g/mol. The topological polar surface area (TPSA) is 87.1 Å². The number of amides is 1. The molecule has 4 rings (SSSR count). The summed E-state index contributed by atoms with van der Waals surface area (Å²) in [7, 11) is 1.47. The van der Waals surface area contributed by atoms with E-state index in [1.54, 1.807) is 36.4 Å². The SMILES string of the molecule is COc1ccc(Cl)c(/C(O)=C2\C(=O)C(=O)N(c3ccc(C)cc3)C2c2ccc(O)cc2)c1. The molecule has 0 bridgehead atoms. The van der Waals surface area contributed by atoms with Crippen LogP contribution in [-0.4, -0.2) is 29.0 Å². The number of ketones is 1. The maximum atomic E-state index is 13.2. The molecule has 7 heteroatoms. The highest BCUT2D eigenvalue weighted by Gasteiger charge is 2.47. The summed E-state index contributed by atoms with van der Waals surface area (Å²) in [5, 5.41) is 21.1. The van der Waals surface area contributed by atoms with Gasteiger partial charge in [0, 0.05) is 11.3 Å². The Morgan fingerprint density at radius 1 is 1.00 bits per heavy atom. The van der Waals surface area contributed by atoms with E-state index in [1.807, 2.05) is 19.1 Å². The molecule has 1 amide bonds. The molecule has 1 unspecified atom stereocenters. The van der Waals surface area contributed by atoms with Gasteiger partial charge in [0.15, 0.2) is 0 Å². The van der Waals surface area contributed by atoms with Gasteiger partial charge in [0.1, 0.15) is 17.3 Å². The second-order valence-electron chi connectivity index (χ2n) is 7.44. The van der Waals surface area contributed by atoms with Crippen molar-refractivity contribution in [1.29, 1.82) is 0 Å².